The van der Waals surface area contributed by atoms with E-state index in [9.17, 15) is 0 Å². The highest BCUT2D eigenvalue weighted by Crippen LogP contribution is 2.22. The molecule has 2 rings (SSSR count). The van der Waals surface area contributed by atoms with Crippen LogP contribution in [0, 0.1) is 23.7 Å². The van der Waals surface area contributed by atoms with Gasteiger partial charge in [0.05, 0.1) is 17.3 Å². The van der Waals surface area contributed by atoms with Gasteiger partial charge in [-0.25, -0.2) is 9.97 Å². The molecule has 4 heteroatoms. The maximum absolute atomic E-state index is 9.01. The van der Waals surface area contributed by atoms with Gasteiger partial charge in [0, 0.05) is 5.56 Å². The van der Waals surface area contributed by atoms with E-state index in [0.717, 1.165) is 0 Å². The van der Waals surface area contributed by atoms with Crippen molar-refractivity contribution in [3.63, 3.8) is 0 Å². The lowest BCUT2D eigenvalue weighted by atomic mass is 10.0. The Hall–Kier alpha value is -2.85. The third-order valence-corrected chi connectivity index (χ3v) is 2.21. The molecule has 0 aliphatic carbocycles. The third-order valence-electron chi connectivity index (χ3n) is 2.21. The summed E-state index contributed by atoms with van der Waals surface area (Å²) in [5, 5.41) is 9.01. The van der Waals surface area contributed by atoms with Crippen LogP contribution < -0.4 is 5.73 Å². The van der Waals surface area contributed by atoms with Crippen molar-refractivity contribution in [2.75, 3.05) is 5.73 Å². The van der Waals surface area contributed by atoms with Crippen LogP contribution in [-0.4, -0.2) is 9.97 Å². The first-order valence-corrected chi connectivity index (χ1v) is 4.85. The highest BCUT2D eigenvalue weighted by molar-refractivity contribution is 5.68. The molecule has 1 heterocycles. The molecule has 0 saturated heterocycles. The fourth-order valence-electron chi connectivity index (χ4n) is 1.48. The molecule has 0 aliphatic heterocycles. The molecule has 0 aliphatic rings. The Kier molecular flexibility index (Phi) is 2.72. The number of hydrogen-bond acceptors (Lipinski definition) is 4. The van der Waals surface area contributed by atoms with E-state index in [-0.39, 0.29) is 5.95 Å². The van der Waals surface area contributed by atoms with Gasteiger partial charge in [-0.05, 0) is 12.1 Å². The molecular formula is C13H8N4. The van der Waals surface area contributed by atoms with Gasteiger partial charge in [0.25, 0.3) is 0 Å². The number of nitrogens with zero attached hydrogens (tertiary/aromatic N) is 3. The molecular weight excluding hydrogens is 212 g/mol. The number of nitrogens with two attached hydrogens (primary N) is 1. The Bertz CT molecular complexity index is 647. The second-order valence-electron chi connectivity index (χ2n) is 3.30. The van der Waals surface area contributed by atoms with Crippen LogP contribution in [0.3, 0.4) is 0 Å². The van der Waals surface area contributed by atoms with Crippen LogP contribution >= 0.6 is 0 Å². The molecule has 1 aromatic heterocycles. The number of hydrogen-bond donors (Lipinski definition) is 1. The highest BCUT2D eigenvalue weighted by atomic mass is 15.0. The minimum Gasteiger partial charge on any atom is -0.368 e. The van der Waals surface area contributed by atoms with Gasteiger partial charge in [-0.3, -0.25) is 0 Å². The molecule has 2 aromatic rings. The summed E-state index contributed by atoms with van der Waals surface area (Å²) in [6.45, 7) is 0. The summed E-state index contributed by atoms with van der Waals surface area (Å²) in [5.74, 6) is 2.50. The maximum Gasteiger partial charge on any atom is 0.221 e. The lowest BCUT2D eigenvalue weighted by molar-refractivity contribution is 1.17. The number of nitriles is 1. The average Bonchev–Trinajstić information content (AvgIpc) is 2.37. The Morgan fingerprint density at radius 2 is 2.00 bits per heavy atom. The van der Waals surface area contributed by atoms with Crippen LogP contribution in [-0.2, 0) is 0 Å². The van der Waals surface area contributed by atoms with Gasteiger partial charge in [-0.15, -0.1) is 6.42 Å². The first-order valence-electron chi connectivity index (χ1n) is 4.85. The van der Waals surface area contributed by atoms with Crippen molar-refractivity contribution in [3.05, 3.63) is 41.6 Å². The van der Waals surface area contributed by atoms with E-state index in [0.29, 0.717) is 22.5 Å². The Morgan fingerprint density at radius 1 is 1.24 bits per heavy atom. The zero-order valence-corrected chi connectivity index (χ0v) is 8.88. The van der Waals surface area contributed by atoms with Crippen molar-refractivity contribution in [3.8, 4) is 29.7 Å². The van der Waals surface area contributed by atoms with Gasteiger partial charge >= 0.3 is 0 Å². The molecule has 2 N–H and O–H groups in total. The highest BCUT2D eigenvalue weighted by Gasteiger charge is 2.07. The molecule has 4 nitrogen and oxygen atoms in total. The topological polar surface area (TPSA) is 75.6 Å². The molecule has 0 spiro atoms. The van der Waals surface area contributed by atoms with E-state index >= 15 is 0 Å². The van der Waals surface area contributed by atoms with Gasteiger partial charge in [0.1, 0.15) is 5.69 Å². The first-order chi connectivity index (χ1) is 8.24. The standard InChI is InChI=1S/C13H8N4/c1-2-10-7-12(17-13(15)16-10)11-6-4-3-5-9(11)8-14/h1,3-7H,(H2,15,16,17). The van der Waals surface area contributed by atoms with Gasteiger partial charge < -0.3 is 5.73 Å². The average molecular weight is 220 g/mol. The summed E-state index contributed by atoms with van der Waals surface area (Å²) in [7, 11) is 0. The van der Waals surface area contributed by atoms with Crippen molar-refractivity contribution in [2.45, 2.75) is 0 Å². The molecule has 0 amide bonds. The summed E-state index contributed by atoms with van der Waals surface area (Å²) in [5.41, 5.74) is 7.74. The molecule has 0 atom stereocenters. The number of nitrogen functional groups attached to an aromatic ring is 1. The van der Waals surface area contributed by atoms with Crippen molar-refractivity contribution in [2.24, 2.45) is 0 Å². The number of aromatic nitrogens is 2. The SMILES string of the molecule is C#Cc1cc(-c2ccccc2C#N)nc(N)n1. The predicted molar refractivity (Wildman–Crippen MR) is 64.5 cm³/mol. The molecule has 0 fully saturated rings. The number of terminal acetylenes is 1. The lowest BCUT2D eigenvalue weighted by Crippen LogP contribution is -1.99. The zero-order chi connectivity index (χ0) is 12.3. The number of anilines is 1. The van der Waals surface area contributed by atoms with E-state index in [1.807, 2.05) is 6.07 Å². The first kappa shape index (κ1) is 10.7. The summed E-state index contributed by atoms with van der Waals surface area (Å²) < 4.78 is 0. The predicted octanol–water partition coefficient (Wildman–Crippen LogP) is 1.58. The van der Waals surface area contributed by atoms with Crippen molar-refractivity contribution >= 4 is 5.95 Å². The van der Waals surface area contributed by atoms with E-state index < -0.39 is 0 Å². The summed E-state index contributed by atoms with van der Waals surface area (Å²) in [6.07, 6.45) is 5.28. The Balaban J connectivity index is 2.66. The van der Waals surface area contributed by atoms with Gasteiger partial charge in [-0.1, -0.05) is 24.1 Å². The van der Waals surface area contributed by atoms with E-state index in [1.54, 1.807) is 24.3 Å². The molecule has 0 unspecified atom stereocenters. The molecule has 1 aromatic carbocycles. The van der Waals surface area contributed by atoms with Crippen LogP contribution in [0.25, 0.3) is 11.3 Å². The van der Waals surface area contributed by atoms with Gasteiger partial charge in [0.2, 0.25) is 5.95 Å². The van der Waals surface area contributed by atoms with E-state index in [1.165, 1.54) is 0 Å². The largest absolute Gasteiger partial charge is 0.368 e. The fourth-order valence-corrected chi connectivity index (χ4v) is 1.48. The van der Waals surface area contributed by atoms with E-state index in [2.05, 4.69) is 22.0 Å². The van der Waals surface area contributed by atoms with E-state index in [4.69, 9.17) is 17.4 Å². The molecule has 0 bridgehead atoms. The van der Waals surface area contributed by atoms with Crippen LogP contribution in [0.4, 0.5) is 5.95 Å². The summed E-state index contributed by atoms with van der Waals surface area (Å²) in [4.78, 5) is 7.96. The smallest absolute Gasteiger partial charge is 0.221 e. The Labute approximate surface area is 98.8 Å². The monoisotopic (exact) mass is 220 g/mol. The minimum absolute atomic E-state index is 0.100. The fraction of sp³-hybridized carbons (Fsp3) is 0. The molecule has 0 radical (unpaired) electrons. The minimum atomic E-state index is 0.100. The van der Waals surface area contributed by atoms with Crippen molar-refractivity contribution < 1.29 is 0 Å². The third kappa shape index (κ3) is 2.06. The van der Waals surface area contributed by atoms with Crippen LogP contribution in [0.2, 0.25) is 0 Å². The molecule has 80 valence electrons. The van der Waals surface area contributed by atoms with Crippen LogP contribution in [0.15, 0.2) is 30.3 Å². The summed E-state index contributed by atoms with van der Waals surface area (Å²) >= 11 is 0. The maximum atomic E-state index is 9.01. The second-order valence-corrected chi connectivity index (χ2v) is 3.30. The van der Waals surface area contributed by atoms with Gasteiger partial charge in [-0.2, -0.15) is 5.26 Å². The quantitative estimate of drug-likeness (QED) is 0.740. The normalized spacial score (nSPS) is 9.29. The second kappa shape index (κ2) is 4.34. The number of benzene rings is 1. The van der Waals surface area contributed by atoms with Gasteiger partial charge in [0.15, 0.2) is 0 Å². The molecule has 17 heavy (non-hydrogen) atoms. The molecule has 0 saturated carbocycles. The van der Waals surface area contributed by atoms with Crippen LogP contribution in [0.5, 0.6) is 0 Å². The zero-order valence-electron chi connectivity index (χ0n) is 8.88. The van der Waals surface area contributed by atoms with Crippen LogP contribution in [0.1, 0.15) is 11.3 Å². The lowest BCUT2D eigenvalue weighted by Gasteiger charge is -2.04. The Morgan fingerprint density at radius 3 is 2.71 bits per heavy atom. The summed E-state index contributed by atoms with van der Waals surface area (Å²) in [6, 6.07) is 10.8. The number of rotatable bonds is 1. The van der Waals surface area contributed by atoms with Crippen molar-refractivity contribution in [1.29, 1.82) is 5.26 Å². The van der Waals surface area contributed by atoms with Crippen molar-refractivity contribution in [1.82, 2.24) is 9.97 Å².